The van der Waals surface area contributed by atoms with Crippen LogP contribution in [-0.2, 0) is 0 Å². The molecule has 19 heavy (non-hydrogen) atoms. The Balaban J connectivity index is 1.88. The molecule has 0 aromatic carbocycles. The van der Waals surface area contributed by atoms with Crippen LogP contribution in [0, 0.1) is 12.8 Å². The summed E-state index contributed by atoms with van der Waals surface area (Å²) in [6.45, 7) is 2.67. The number of nitrogens with one attached hydrogen (secondary N) is 1. The number of hydrogen-bond acceptors (Lipinski definition) is 5. The third-order valence-electron chi connectivity index (χ3n) is 4.03. The summed E-state index contributed by atoms with van der Waals surface area (Å²) in [4.78, 5) is 4.41. The van der Waals surface area contributed by atoms with Gasteiger partial charge in [-0.2, -0.15) is 0 Å². The second-order valence-corrected chi connectivity index (χ2v) is 5.25. The van der Waals surface area contributed by atoms with Gasteiger partial charge in [0.15, 0.2) is 5.82 Å². The number of nitrogens with two attached hydrogens (primary N) is 1. The smallest absolute Gasteiger partial charge is 0.203 e. The fourth-order valence-corrected chi connectivity index (χ4v) is 2.90. The van der Waals surface area contributed by atoms with Crippen molar-refractivity contribution < 1.29 is 0 Å². The van der Waals surface area contributed by atoms with Gasteiger partial charge in [0.25, 0.3) is 0 Å². The molecular formula is C13H20N6. The Hall–Kier alpha value is -1.69. The van der Waals surface area contributed by atoms with Gasteiger partial charge in [-0.3, -0.25) is 4.40 Å². The molecule has 2 atom stereocenters. The number of nitrogens with zero attached hydrogens (tertiary/aromatic N) is 4. The van der Waals surface area contributed by atoms with Crippen LogP contribution in [0.5, 0.6) is 0 Å². The number of anilines is 1. The number of rotatable bonds is 3. The summed E-state index contributed by atoms with van der Waals surface area (Å²) in [5.74, 6) is 2.22. The summed E-state index contributed by atoms with van der Waals surface area (Å²) in [7, 11) is 0. The Morgan fingerprint density at radius 3 is 3.05 bits per heavy atom. The van der Waals surface area contributed by atoms with Gasteiger partial charge >= 0.3 is 0 Å². The van der Waals surface area contributed by atoms with E-state index in [4.69, 9.17) is 5.73 Å². The number of fused-ring (bicyclic) bond motifs is 1. The average molecular weight is 260 g/mol. The van der Waals surface area contributed by atoms with E-state index in [2.05, 4.69) is 20.5 Å². The van der Waals surface area contributed by atoms with Crippen molar-refractivity contribution in [2.75, 3.05) is 11.9 Å². The van der Waals surface area contributed by atoms with Crippen LogP contribution in [0.2, 0.25) is 0 Å². The molecule has 0 aliphatic heterocycles. The third-order valence-corrected chi connectivity index (χ3v) is 4.03. The highest BCUT2D eigenvalue weighted by Crippen LogP contribution is 2.27. The molecule has 2 unspecified atom stereocenters. The van der Waals surface area contributed by atoms with E-state index in [0.29, 0.717) is 12.0 Å². The molecule has 6 heteroatoms. The second kappa shape index (κ2) is 5.13. The van der Waals surface area contributed by atoms with Gasteiger partial charge in [0.1, 0.15) is 5.82 Å². The molecule has 3 N–H and O–H groups in total. The summed E-state index contributed by atoms with van der Waals surface area (Å²) < 4.78 is 1.95. The van der Waals surface area contributed by atoms with Crippen molar-refractivity contribution >= 4 is 11.5 Å². The van der Waals surface area contributed by atoms with E-state index in [0.717, 1.165) is 30.3 Å². The third kappa shape index (κ3) is 2.28. The molecule has 1 fully saturated rings. The van der Waals surface area contributed by atoms with Gasteiger partial charge in [0, 0.05) is 18.4 Å². The Morgan fingerprint density at radius 2 is 2.21 bits per heavy atom. The molecule has 1 aliphatic rings. The van der Waals surface area contributed by atoms with Crippen molar-refractivity contribution in [3.8, 4) is 0 Å². The maximum absolute atomic E-state index is 5.87. The zero-order valence-corrected chi connectivity index (χ0v) is 11.2. The minimum absolute atomic E-state index is 0.398. The van der Waals surface area contributed by atoms with E-state index in [1.54, 1.807) is 6.20 Å². The molecule has 0 spiro atoms. The molecule has 6 nitrogen and oxygen atoms in total. The van der Waals surface area contributed by atoms with Crippen molar-refractivity contribution in [3.05, 3.63) is 18.2 Å². The maximum Gasteiger partial charge on any atom is 0.203 e. The number of aromatic nitrogens is 4. The van der Waals surface area contributed by atoms with Crippen LogP contribution in [0.15, 0.2) is 12.4 Å². The first kappa shape index (κ1) is 12.3. The van der Waals surface area contributed by atoms with E-state index in [1.807, 2.05) is 17.5 Å². The van der Waals surface area contributed by atoms with Crippen molar-refractivity contribution in [2.24, 2.45) is 11.7 Å². The van der Waals surface area contributed by atoms with Crippen LogP contribution >= 0.6 is 0 Å². The van der Waals surface area contributed by atoms with Gasteiger partial charge in [-0.05, 0) is 32.2 Å². The van der Waals surface area contributed by atoms with Gasteiger partial charge in [-0.15, -0.1) is 10.2 Å². The molecule has 3 rings (SSSR count). The Bertz CT molecular complexity index is 563. The molecule has 2 heterocycles. The Labute approximate surface area is 112 Å². The molecule has 0 saturated heterocycles. The predicted octanol–water partition coefficient (Wildman–Crippen LogP) is 1.36. The Morgan fingerprint density at radius 1 is 1.37 bits per heavy atom. The largest absolute Gasteiger partial charge is 0.364 e. The highest BCUT2D eigenvalue weighted by molar-refractivity contribution is 5.62. The van der Waals surface area contributed by atoms with Crippen LogP contribution in [0.3, 0.4) is 0 Å². The zero-order valence-electron chi connectivity index (χ0n) is 11.2. The molecule has 0 radical (unpaired) electrons. The van der Waals surface area contributed by atoms with E-state index < -0.39 is 0 Å². The highest BCUT2D eigenvalue weighted by Gasteiger charge is 2.25. The van der Waals surface area contributed by atoms with Gasteiger partial charge in [-0.1, -0.05) is 12.8 Å². The van der Waals surface area contributed by atoms with E-state index in [9.17, 15) is 0 Å². The zero-order chi connectivity index (χ0) is 13.2. The standard InChI is InChI=1S/C13H20N6/c1-9-17-18-13-12(15-6-7-19(9)13)16-11-5-3-2-4-10(11)8-14/h6-7,10-11H,2-5,8,14H2,1H3,(H,15,16). The summed E-state index contributed by atoms with van der Waals surface area (Å²) in [6, 6.07) is 0.398. The van der Waals surface area contributed by atoms with Crippen molar-refractivity contribution in [2.45, 2.75) is 38.6 Å². The summed E-state index contributed by atoms with van der Waals surface area (Å²) in [6.07, 6.45) is 8.55. The van der Waals surface area contributed by atoms with Gasteiger partial charge in [-0.25, -0.2) is 4.98 Å². The monoisotopic (exact) mass is 260 g/mol. The average Bonchev–Trinajstić information content (AvgIpc) is 2.82. The molecule has 2 aromatic rings. The molecule has 1 saturated carbocycles. The fourth-order valence-electron chi connectivity index (χ4n) is 2.90. The Kier molecular flexibility index (Phi) is 3.33. The van der Waals surface area contributed by atoms with Gasteiger partial charge in [0.2, 0.25) is 5.65 Å². The topological polar surface area (TPSA) is 81.1 Å². The number of hydrogen-bond donors (Lipinski definition) is 2. The first-order valence-corrected chi connectivity index (χ1v) is 6.92. The normalized spacial score (nSPS) is 23.7. The van der Waals surface area contributed by atoms with Crippen LogP contribution in [-0.4, -0.2) is 32.2 Å². The van der Waals surface area contributed by atoms with Crippen molar-refractivity contribution in [1.29, 1.82) is 0 Å². The van der Waals surface area contributed by atoms with Crippen molar-refractivity contribution in [3.63, 3.8) is 0 Å². The molecule has 0 bridgehead atoms. The highest BCUT2D eigenvalue weighted by atomic mass is 15.3. The minimum atomic E-state index is 0.398. The van der Waals surface area contributed by atoms with Crippen LogP contribution in [0.4, 0.5) is 5.82 Å². The lowest BCUT2D eigenvalue weighted by Gasteiger charge is -2.31. The lowest BCUT2D eigenvalue weighted by molar-refractivity contribution is 0.332. The lowest BCUT2D eigenvalue weighted by atomic mass is 9.84. The van der Waals surface area contributed by atoms with Crippen LogP contribution in [0.1, 0.15) is 31.5 Å². The summed E-state index contributed by atoms with van der Waals surface area (Å²) >= 11 is 0. The van der Waals surface area contributed by atoms with Crippen LogP contribution < -0.4 is 11.1 Å². The lowest BCUT2D eigenvalue weighted by Crippen LogP contribution is -2.37. The van der Waals surface area contributed by atoms with E-state index in [1.165, 1.54) is 19.3 Å². The first-order chi connectivity index (χ1) is 9.29. The minimum Gasteiger partial charge on any atom is -0.364 e. The quantitative estimate of drug-likeness (QED) is 0.871. The maximum atomic E-state index is 5.87. The van der Waals surface area contributed by atoms with Gasteiger partial charge in [0.05, 0.1) is 0 Å². The van der Waals surface area contributed by atoms with Crippen molar-refractivity contribution in [1.82, 2.24) is 19.6 Å². The van der Waals surface area contributed by atoms with E-state index in [-0.39, 0.29) is 0 Å². The predicted molar refractivity (Wildman–Crippen MR) is 73.9 cm³/mol. The second-order valence-electron chi connectivity index (χ2n) is 5.25. The molecule has 0 amide bonds. The fraction of sp³-hybridized carbons (Fsp3) is 0.615. The molecular weight excluding hydrogens is 240 g/mol. The summed E-state index contributed by atoms with van der Waals surface area (Å²) in [5, 5.41) is 11.8. The SMILES string of the molecule is Cc1nnc2c(NC3CCCCC3CN)nccn12. The molecule has 102 valence electrons. The van der Waals surface area contributed by atoms with Gasteiger partial charge < -0.3 is 11.1 Å². The first-order valence-electron chi connectivity index (χ1n) is 6.92. The number of aryl methyl sites for hydroxylation is 1. The molecule has 2 aromatic heterocycles. The van der Waals surface area contributed by atoms with E-state index >= 15 is 0 Å². The molecule has 1 aliphatic carbocycles. The summed E-state index contributed by atoms with van der Waals surface area (Å²) in [5.41, 5.74) is 6.66. The van der Waals surface area contributed by atoms with Crippen LogP contribution in [0.25, 0.3) is 5.65 Å².